The SMILES string of the molecule is O=C(CCCCCCCCCCCCCCCCCO)C(O)C(O)CO. The lowest BCUT2D eigenvalue weighted by molar-refractivity contribution is -0.134. The maximum atomic E-state index is 11.6. The van der Waals surface area contributed by atoms with Crippen LogP contribution in [0.3, 0.4) is 0 Å². The summed E-state index contributed by atoms with van der Waals surface area (Å²) in [6.45, 7) is -0.256. The Morgan fingerprint density at radius 3 is 1.27 bits per heavy atom. The molecule has 0 saturated heterocycles. The zero-order valence-corrected chi connectivity index (χ0v) is 16.6. The second-order valence-electron chi connectivity index (χ2n) is 7.44. The molecule has 4 N–H and O–H groups in total. The molecule has 0 rings (SSSR count). The van der Waals surface area contributed by atoms with Gasteiger partial charge in [0.15, 0.2) is 5.78 Å². The van der Waals surface area contributed by atoms with Crippen LogP contribution in [0.5, 0.6) is 0 Å². The molecular formula is C21H42O5. The second-order valence-corrected chi connectivity index (χ2v) is 7.44. The quantitative estimate of drug-likeness (QED) is 0.245. The van der Waals surface area contributed by atoms with E-state index in [0.717, 1.165) is 32.1 Å². The van der Waals surface area contributed by atoms with E-state index in [2.05, 4.69) is 0 Å². The van der Waals surface area contributed by atoms with Gasteiger partial charge in [-0.2, -0.15) is 0 Å². The Labute approximate surface area is 159 Å². The number of hydrogen-bond acceptors (Lipinski definition) is 5. The fourth-order valence-corrected chi connectivity index (χ4v) is 3.17. The zero-order valence-electron chi connectivity index (χ0n) is 16.6. The number of unbranched alkanes of at least 4 members (excludes halogenated alkanes) is 14. The number of hydrogen-bond donors (Lipinski definition) is 4. The summed E-state index contributed by atoms with van der Waals surface area (Å²) in [6.07, 6.45) is 15.4. The van der Waals surface area contributed by atoms with Crippen LogP contribution in [0.25, 0.3) is 0 Å². The van der Waals surface area contributed by atoms with E-state index in [4.69, 9.17) is 10.2 Å². The van der Waals surface area contributed by atoms with Crippen molar-refractivity contribution in [3.8, 4) is 0 Å². The van der Waals surface area contributed by atoms with E-state index in [9.17, 15) is 15.0 Å². The van der Waals surface area contributed by atoms with Crippen LogP contribution in [0.15, 0.2) is 0 Å². The van der Waals surface area contributed by atoms with Crippen LogP contribution in [0, 0.1) is 0 Å². The first-order chi connectivity index (χ1) is 12.6. The Kier molecular flexibility index (Phi) is 18.9. The molecule has 0 heterocycles. The Balaban J connectivity index is 3.21. The Morgan fingerprint density at radius 2 is 0.923 bits per heavy atom. The first kappa shape index (κ1) is 25.5. The van der Waals surface area contributed by atoms with Gasteiger partial charge in [0.2, 0.25) is 0 Å². The summed E-state index contributed by atoms with van der Waals surface area (Å²) >= 11 is 0. The molecule has 0 aliphatic heterocycles. The highest BCUT2D eigenvalue weighted by Gasteiger charge is 2.22. The summed E-state index contributed by atoms with van der Waals surface area (Å²) < 4.78 is 0. The van der Waals surface area contributed by atoms with Gasteiger partial charge < -0.3 is 20.4 Å². The lowest BCUT2D eigenvalue weighted by Crippen LogP contribution is -2.36. The Morgan fingerprint density at radius 1 is 0.577 bits per heavy atom. The number of aliphatic hydroxyl groups is 4. The molecule has 2 unspecified atom stereocenters. The van der Waals surface area contributed by atoms with Gasteiger partial charge in [0.1, 0.15) is 12.2 Å². The fourth-order valence-electron chi connectivity index (χ4n) is 3.17. The van der Waals surface area contributed by atoms with Crippen LogP contribution >= 0.6 is 0 Å². The molecule has 0 aromatic carbocycles. The van der Waals surface area contributed by atoms with Crippen molar-refractivity contribution in [2.45, 2.75) is 115 Å². The minimum atomic E-state index is -1.44. The van der Waals surface area contributed by atoms with Crippen molar-refractivity contribution in [3.05, 3.63) is 0 Å². The highest BCUT2D eigenvalue weighted by Crippen LogP contribution is 2.14. The molecule has 0 aliphatic rings. The number of Topliss-reactive ketones (excluding diaryl/α,β-unsaturated/α-hetero) is 1. The van der Waals surface area contributed by atoms with Crippen molar-refractivity contribution in [1.29, 1.82) is 0 Å². The molecule has 0 amide bonds. The molecule has 0 aromatic rings. The van der Waals surface area contributed by atoms with Crippen LogP contribution in [0.2, 0.25) is 0 Å². The molecule has 0 spiro atoms. The molecule has 0 aliphatic carbocycles. The van der Waals surface area contributed by atoms with E-state index < -0.39 is 18.8 Å². The highest BCUT2D eigenvalue weighted by molar-refractivity contribution is 5.83. The van der Waals surface area contributed by atoms with Gasteiger partial charge in [0.25, 0.3) is 0 Å². The third-order valence-corrected chi connectivity index (χ3v) is 4.96. The van der Waals surface area contributed by atoms with E-state index in [-0.39, 0.29) is 12.2 Å². The van der Waals surface area contributed by atoms with Crippen molar-refractivity contribution in [1.82, 2.24) is 0 Å². The topological polar surface area (TPSA) is 98.0 Å². The minimum absolute atomic E-state index is 0.276. The summed E-state index contributed by atoms with van der Waals surface area (Å²) in [4.78, 5) is 11.6. The van der Waals surface area contributed by atoms with Crippen LogP contribution in [-0.4, -0.2) is 51.6 Å². The van der Waals surface area contributed by atoms with Crippen molar-refractivity contribution in [2.75, 3.05) is 13.2 Å². The summed E-state index contributed by atoms with van der Waals surface area (Å²) in [5, 5.41) is 36.0. The van der Waals surface area contributed by atoms with Crippen LogP contribution in [0.1, 0.15) is 103 Å². The number of ketones is 1. The molecule has 26 heavy (non-hydrogen) atoms. The average molecular weight is 375 g/mol. The normalized spacial score (nSPS) is 13.7. The third kappa shape index (κ3) is 15.7. The highest BCUT2D eigenvalue weighted by atomic mass is 16.4. The minimum Gasteiger partial charge on any atom is -0.396 e. The largest absolute Gasteiger partial charge is 0.396 e. The standard InChI is InChI=1S/C21H42O5/c22-17-15-13-11-9-7-5-3-1-2-4-6-8-10-12-14-16-19(24)21(26)20(25)18-23/h20-23,25-26H,1-18H2. The van der Waals surface area contributed by atoms with Gasteiger partial charge in [-0.05, 0) is 12.8 Å². The molecule has 0 radical (unpaired) electrons. The number of aliphatic hydroxyl groups excluding tert-OH is 4. The third-order valence-electron chi connectivity index (χ3n) is 4.96. The van der Waals surface area contributed by atoms with E-state index in [0.29, 0.717) is 6.61 Å². The number of carbonyl (C=O) groups is 1. The van der Waals surface area contributed by atoms with E-state index >= 15 is 0 Å². The monoisotopic (exact) mass is 374 g/mol. The summed E-state index contributed by atoms with van der Waals surface area (Å²) in [6, 6.07) is 0. The maximum absolute atomic E-state index is 11.6. The molecule has 5 heteroatoms. The summed E-state index contributed by atoms with van der Waals surface area (Å²) in [5.74, 6) is -0.375. The molecule has 5 nitrogen and oxygen atoms in total. The second kappa shape index (κ2) is 19.3. The van der Waals surface area contributed by atoms with Gasteiger partial charge in [-0.3, -0.25) is 4.79 Å². The molecule has 0 saturated carbocycles. The zero-order chi connectivity index (χ0) is 19.5. The van der Waals surface area contributed by atoms with Crippen molar-refractivity contribution >= 4 is 5.78 Å². The Hall–Kier alpha value is -0.490. The van der Waals surface area contributed by atoms with E-state index in [1.807, 2.05) is 0 Å². The summed E-state index contributed by atoms with van der Waals surface area (Å²) in [7, 11) is 0. The van der Waals surface area contributed by atoms with Gasteiger partial charge in [-0.15, -0.1) is 0 Å². The van der Waals surface area contributed by atoms with Crippen molar-refractivity contribution in [2.24, 2.45) is 0 Å². The van der Waals surface area contributed by atoms with Gasteiger partial charge in [0.05, 0.1) is 6.61 Å². The molecule has 0 fully saturated rings. The number of carbonyl (C=O) groups excluding carboxylic acids is 1. The maximum Gasteiger partial charge on any atom is 0.164 e. The first-order valence-electron chi connectivity index (χ1n) is 10.7. The van der Waals surface area contributed by atoms with E-state index in [1.165, 1.54) is 64.2 Å². The van der Waals surface area contributed by atoms with Gasteiger partial charge in [0, 0.05) is 13.0 Å². The van der Waals surface area contributed by atoms with Crippen molar-refractivity contribution in [3.63, 3.8) is 0 Å². The predicted octanol–water partition coefficient (Wildman–Crippen LogP) is 3.50. The Bertz CT molecular complexity index is 309. The molecule has 0 bridgehead atoms. The average Bonchev–Trinajstić information content (AvgIpc) is 2.66. The van der Waals surface area contributed by atoms with Gasteiger partial charge >= 0.3 is 0 Å². The molecule has 0 aromatic heterocycles. The molecule has 156 valence electrons. The lowest BCUT2D eigenvalue weighted by atomic mass is 10.0. The first-order valence-corrected chi connectivity index (χ1v) is 10.7. The molecule has 2 atom stereocenters. The predicted molar refractivity (Wildman–Crippen MR) is 105 cm³/mol. The van der Waals surface area contributed by atoms with Crippen molar-refractivity contribution < 1.29 is 25.2 Å². The van der Waals surface area contributed by atoms with E-state index in [1.54, 1.807) is 0 Å². The summed E-state index contributed by atoms with van der Waals surface area (Å²) in [5.41, 5.74) is 0. The van der Waals surface area contributed by atoms with Crippen LogP contribution in [0.4, 0.5) is 0 Å². The van der Waals surface area contributed by atoms with Crippen LogP contribution in [-0.2, 0) is 4.79 Å². The number of rotatable bonds is 20. The fraction of sp³-hybridized carbons (Fsp3) is 0.952. The smallest absolute Gasteiger partial charge is 0.164 e. The lowest BCUT2D eigenvalue weighted by Gasteiger charge is -2.13. The van der Waals surface area contributed by atoms with Crippen LogP contribution < -0.4 is 0 Å². The molecular weight excluding hydrogens is 332 g/mol. The van der Waals surface area contributed by atoms with Gasteiger partial charge in [-0.25, -0.2) is 0 Å². The van der Waals surface area contributed by atoms with Gasteiger partial charge in [-0.1, -0.05) is 83.5 Å².